The number of aromatic nitrogens is 3. The Labute approximate surface area is 141 Å². The smallest absolute Gasteiger partial charge is 0.240 e. The molecule has 0 amide bonds. The van der Waals surface area contributed by atoms with Gasteiger partial charge < -0.3 is 15.2 Å². The van der Waals surface area contributed by atoms with Crippen molar-refractivity contribution in [3.8, 4) is 5.75 Å². The zero-order valence-electron chi connectivity index (χ0n) is 13.8. The third-order valence-electron chi connectivity index (χ3n) is 4.79. The first-order valence-electron chi connectivity index (χ1n) is 8.67. The molecule has 1 saturated heterocycles. The summed E-state index contributed by atoms with van der Waals surface area (Å²) in [5.74, 6) is 1.13. The number of anilines is 1. The standard InChI is InChI=1S/C17H23N5O2/c18-17-19-14-10-12-3-4-13(24-16(12)11-15(14)20-21-17)2-1-5-22-6-8-23-9-7-22/h10-11,13H,1-9H2,(H2,18,19,21). The predicted molar refractivity (Wildman–Crippen MR) is 91.0 cm³/mol. The highest BCUT2D eigenvalue weighted by molar-refractivity contribution is 5.77. The van der Waals surface area contributed by atoms with Crippen molar-refractivity contribution in [2.24, 2.45) is 0 Å². The van der Waals surface area contributed by atoms with Crippen molar-refractivity contribution in [2.75, 3.05) is 38.6 Å². The Kier molecular flexibility index (Phi) is 4.44. The maximum atomic E-state index is 6.19. The Morgan fingerprint density at radius 2 is 2.04 bits per heavy atom. The summed E-state index contributed by atoms with van der Waals surface area (Å²) in [6, 6.07) is 3.97. The quantitative estimate of drug-likeness (QED) is 0.907. The Bertz CT molecular complexity index is 717. The molecule has 0 spiro atoms. The van der Waals surface area contributed by atoms with Gasteiger partial charge in [-0.3, -0.25) is 4.90 Å². The first-order valence-corrected chi connectivity index (χ1v) is 8.67. The van der Waals surface area contributed by atoms with Gasteiger partial charge >= 0.3 is 0 Å². The second-order valence-corrected chi connectivity index (χ2v) is 6.49. The van der Waals surface area contributed by atoms with Crippen molar-refractivity contribution in [3.63, 3.8) is 0 Å². The van der Waals surface area contributed by atoms with E-state index >= 15 is 0 Å². The molecule has 7 heteroatoms. The van der Waals surface area contributed by atoms with E-state index in [4.69, 9.17) is 15.2 Å². The normalized spacial score (nSPS) is 21.4. The third-order valence-corrected chi connectivity index (χ3v) is 4.79. The van der Waals surface area contributed by atoms with Crippen LogP contribution in [0.3, 0.4) is 0 Å². The number of nitrogen functional groups attached to an aromatic ring is 1. The van der Waals surface area contributed by atoms with Gasteiger partial charge in [-0.05, 0) is 43.9 Å². The SMILES string of the molecule is Nc1nnc2cc3c(cc2n1)CCC(CCCN1CCOCC1)O3. The van der Waals surface area contributed by atoms with E-state index in [2.05, 4.69) is 20.1 Å². The number of hydrogen-bond acceptors (Lipinski definition) is 7. The van der Waals surface area contributed by atoms with Crippen molar-refractivity contribution in [3.05, 3.63) is 17.7 Å². The van der Waals surface area contributed by atoms with Gasteiger partial charge in [-0.25, -0.2) is 4.98 Å². The summed E-state index contributed by atoms with van der Waals surface area (Å²) in [6.07, 6.45) is 4.59. The van der Waals surface area contributed by atoms with Gasteiger partial charge in [0.05, 0.1) is 24.8 Å². The molecule has 1 fully saturated rings. The molecule has 1 aromatic heterocycles. The first-order chi connectivity index (χ1) is 11.8. The zero-order valence-corrected chi connectivity index (χ0v) is 13.8. The fourth-order valence-corrected chi connectivity index (χ4v) is 3.45. The highest BCUT2D eigenvalue weighted by Gasteiger charge is 2.21. The average molecular weight is 329 g/mol. The second-order valence-electron chi connectivity index (χ2n) is 6.49. The molecule has 0 aliphatic carbocycles. The minimum atomic E-state index is 0.208. The number of nitrogens with two attached hydrogens (primary N) is 1. The largest absolute Gasteiger partial charge is 0.490 e. The monoisotopic (exact) mass is 329 g/mol. The Balaban J connectivity index is 1.37. The van der Waals surface area contributed by atoms with Gasteiger partial charge in [0.1, 0.15) is 11.3 Å². The molecule has 2 N–H and O–H groups in total. The Hall–Kier alpha value is -1.99. The summed E-state index contributed by atoms with van der Waals surface area (Å²) in [4.78, 5) is 6.71. The van der Waals surface area contributed by atoms with Crippen molar-refractivity contribution >= 4 is 17.0 Å². The lowest BCUT2D eigenvalue weighted by molar-refractivity contribution is 0.0353. The van der Waals surface area contributed by atoms with Crippen LogP contribution in [0.25, 0.3) is 11.0 Å². The lowest BCUT2D eigenvalue weighted by Crippen LogP contribution is -2.37. The van der Waals surface area contributed by atoms with E-state index in [-0.39, 0.29) is 12.1 Å². The van der Waals surface area contributed by atoms with E-state index in [1.807, 2.05) is 12.1 Å². The second kappa shape index (κ2) is 6.86. The minimum Gasteiger partial charge on any atom is -0.490 e. The summed E-state index contributed by atoms with van der Waals surface area (Å²) < 4.78 is 11.6. The molecule has 0 saturated carbocycles. The van der Waals surface area contributed by atoms with Gasteiger partial charge in [0.2, 0.25) is 5.95 Å². The van der Waals surface area contributed by atoms with Gasteiger partial charge in [-0.1, -0.05) is 0 Å². The predicted octanol–water partition coefficient (Wildman–Crippen LogP) is 1.41. The molecule has 4 rings (SSSR count). The topological polar surface area (TPSA) is 86.4 Å². The maximum Gasteiger partial charge on any atom is 0.240 e. The fourth-order valence-electron chi connectivity index (χ4n) is 3.45. The first kappa shape index (κ1) is 15.5. The van der Waals surface area contributed by atoms with Gasteiger partial charge in [0.15, 0.2) is 0 Å². The molecule has 0 bridgehead atoms. The van der Waals surface area contributed by atoms with Crippen molar-refractivity contribution in [1.82, 2.24) is 20.1 Å². The van der Waals surface area contributed by atoms with Crippen LogP contribution >= 0.6 is 0 Å². The van der Waals surface area contributed by atoms with Gasteiger partial charge in [0.25, 0.3) is 0 Å². The van der Waals surface area contributed by atoms with Crippen LogP contribution in [-0.4, -0.2) is 59.0 Å². The number of nitrogens with zero attached hydrogens (tertiary/aromatic N) is 4. The third kappa shape index (κ3) is 3.42. The highest BCUT2D eigenvalue weighted by Crippen LogP contribution is 2.32. The molecule has 24 heavy (non-hydrogen) atoms. The molecule has 7 nitrogen and oxygen atoms in total. The van der Waals surface area contributed by atoms with Crippen LogP contribution in [0.4, 0.5) is 5.95 Å². The summed E-state index contributed by atoms with van der Waals surface area (Å²) in [5, 5.41) is 7.92. The van der Waals surface area contributed by atoms with Gasteiger partial charge in [-0.2, -0.15) is 0 Å². The van der Waals surface area contributed by atoms with Crippen molar-refractivity contribution < 1.29 is 9.47 Å². The fraction of sp³-hybridized carbons (Fsp3) is 0.588. The lowest BCUT2D eigenvalue weighted by Gasteiger charge is -2.29. The van der Waals surface area contributed by atoms with Crippen molar-refractivity contribution in [1.29, 1.82) is 0 Å². The number of ether oxygens (including phenoxy) is 2. The van der Waals surface area contributed by atoms with Crippen molar-refractivity contribution in [2.45, 2.75) is 31.8 Å². The van der Waals surface area contributed by atoms with E-state index in [0.717, 1.165) is 75.3 Å². The summed E-state index contributed by atoms with van der Waals surface area (Å²) in [6.45, 7) is 4.95. The Morgan fingerprint density at radius 1 is 1.17 bits per heavy atom. The molecule has 3 heterocycles. The summed E-state index contributed by atoms with van der Waals surface area (Å²) >= 11 is 0. The molecule has 1 aromatic carbocycles. The molecule has 2 aromatic rings. The number of aryl methyl sites for hydroxylation is 1. The molecule has 1 unspecified atom stereocenters. The van der Waals surface area contributed by atoms with Crippen LogP contribution in [-0.2, 0) is 11.2 Å². The summed E-state index contributed by atoms with van der Waals surface area (Å²) in [7, 11) is 0. The number of hydrogen-bond donors (Lipinski definition) is 1. The molecule has 0 radical (unpaired) electrons. The van der Waals surface area contributed by atoms with E-state index in [1.165, 1.54) is 5.56 Å². The average Bonchev–Trinajstić information content (AvgIpc) is 2.61. The zero-order chi connectivity index (χ0) is 16.4. The van der Waals surface area contributed by atoms with E-state index in [1.54, 1.807) is 0 Å². The van der Waals surface area contributed by atoms with Gasteiger partial charge in [0, 0.05) is 19.2 Å². The molecular formula is C17H23N5O2. The number of benzene rings is 1. The molecule has 2 aliphatic rings. The van der Waals surface area contributed by atoms with E-state index < -0.39 is 0 Å². The molecule has 1 atom stereocenters. The van der Waals surface area contributed by atoms with Crippen LogP contribution in [0.2, 0.25) is 0 Å². The molecule has 128 valence electrons. The summed E-state index contributed by atoms with van der Waals surface area (Å²) in [5.41, 5.74) is 8.32. The number of fused-ring (bicyclic) bond motifs is 2. The van der Waals surface area contributed by atoms with Crippen LogP contribution in [0.1, 0.15) is 24.8 Å². The minimum absolute atomic E-state index is 0.208. The van der Waals surface area contributed by atoms with Gasteiger partial charge in [-0.15, -0.1) is 10.2 Å². The molecular weight excluding hydrogens is 306 g/mol. The highest BCUT2D eigenvalue weighted by atomic mass is 16.5. The van der Waals surface area contributed by atoms with Crippen LogP contribution in [0.15, 0.2) is 12.1 Å². The van der Waals surface area contributed by atoms with Crippen LogP contribution < -0.4 is 10.5 Å². The number of morpholine rings is 1. The Morgan fingerprint density at radius 3 is 2.92 bits per heavy atom. The van der Waals surface area contributed by atoms with Crippen LogP contribution in [0, 0.1) is 0 Å². The molecule has 2 aliphatic heterocycles. The van der Waals surface area contributed by atoms with Crippen LogP contribution in [0.5, 0.6) is 5.75 Å². The lowest BCUT2D eigenvalue weighted by atomic mass is 9.99. The maximum absolute atomic E-state index is 6.19. The number of rotatable bonds is 4. The van der Waals surface area contributed by atoms with E-state index in [0.29, 0.717) is 0 Å². The van der Waals surface area contributed by atoms with E-state index in [9.17, 15) is 0 Å².